The molecule has 0 saturated carbocycles. The monoisotopic (exact) mass is 477 g/mol. The zero-order valence-corrected chi connectivity index (χ0v) is 20.8. The standard InChI is InChI=1S/C29H31N7/c1-4-32-25-10-7-22(15-23(25)16-30)28-27(21-5-8-24(31-2)9-6-21)29-26(17-33-28)36(19-34-29)18-20-11-13-35(3)14-12-20/h5-10,15-17,19-20,30,32H,4,11-14,18H2,1,3H3. The van der Waals surface area contributed by atoms with Gasteiger partial charge in [-0.1, -0.05) is 30.3 Å². The summed E-state index contributed by atoms with van der Waals surface area (Å²) in [5.74, 6) is 0.633. The molecule has 2 N–H and O–H groups in total. The Hall–Kier alpha value is -4.02. The van der Waals surface area contributed by atoms with E-state index in [0.717, 1.165) is 70.8 Å². The van der Waals surface area contributed by atoms with Crippen LogP contribution in [0.4, 0.5) is 11.4 Å². The Labute approximate surface area is 212 Å². The fraction of sp³-hybridized carbons (Fsp3) is 0.310. The Balaban J connectivity index is 1.63. The van der Waals surface area contributed by atoms with Gasteiger partial charge in [-0.3, -0.25) is 4.98 Å². The van der Waals surface area contributed by atoms with Gasteiger partial charge in [0.05, 0.1) is 30.3 Å². The molecule has 0 amide bonds. The van der Waals surface area contributed by atoms with Crippen LogP contribution in [0.3, 0.4) is 0 Å². The Morgan fingerprint density at radius 1 is 1.11 bits per heavy atom. The van der Waals surface area contributed by atoms with Crippen molar-refractivity contribution in [2.24, 2.45) is 5.92 Å². The summed E-state index contributed by atoms with van der Waals surface area (Å²) in [6.45, 7) is 13.4. The maximum Gasteiger partial charge on any atom is 0.187 e. The van der Waals surface area contributed by atoms with Gasteiger partial charge in [0.1, 0.15) is 5.52 Å². The molecule has 0 bridgehead atoms. The van der Waals surface area contributed by atoms with E-state index in [1.807, 2.05) is 61.9 Å². The highest BCUT2D eigenvalue weighted by molar-refractivity contribution is 6.00. The SMILES string of the molecule is [C-]#[N+]c1ccc(-c2c(-c3ccc(NCC)c(C=N)c3)ncc3c2ncn3CC2CCN(C)CC2)cc1. The van der Waals surface area contributed by atoms with Crippen molar-refractivity contribution >= 4 is 28.6 Å². The number of likely N-dealkylation sites (tertiary alicyclic amines) is 1. The normalized spacial score (nSPS) is 14.6. The number of hydrogen-bond acceptors (Lipinski definition) is 5. The fourth-order valence-corrected chi connectivity index (χ4v) is 5.07. The molecule has 7 nitrogen and oxygen atoms in total. The molecule has 0 aliphatic carbocycles. The first-order valence-electron chi connectivity index (χ1n) is 12.5. The number of aromatic nitrogens is 3. The van der Waals surface area contributed by atoms with E-state index in [0.29, 0.717) is 11.6 Å². The quantitative estimate of drug-likeness (QED) is 0.250. The van der Waals surface area contributed by atoms with Crippen LogP contribution in [0, 0.1) is 17.9 Å². The first kappa shape index (κ1) is 23.7. The average Bonchev–Trinajstić information content (AvgIpc) is 3.32. The van der Waals surface area contributed by atoms with Gasteiger partial charge in [-0.15, -0.1) is 0 Å². The Kier molecular flexibility index (Phi) is 6.79. The highest BCUT2D eigenvalue weighted by Gasteiger charge is 2.21. The fourth-order valence-electron chi connectivity index (χ4n) is 5.07. The van der Waals surface area contributed by atoms with Gasteiger partial charge in [0.2, 0.25) is 0 Å². The molecule has 0 atom stereocenters. The highest BCUT2D eigenvalue weighted by atomic mass is 15.1. The first-order valence-corrected chi connectivity index (χ1v) is 12.5. The van der Waals surface area contributed by atoms with Crippen LogP contribution in [0.5, 0.6) is 0 Å². The summed E-state index contributed by atoms with van der Waals surface area (Å²) >= 11 is 0. The van der Waals surface area contributed by atoms with Gasteiger partial charge in [0.25, 0.3) is 0 Å². The van der Waals surface area contributed by atoms with Crippen molar-refractivity contribution in [2.75, 3.05) is 32.0 Å². The predicted molar refractivity (Wildman–Crippen MR) is 147 cm³/mol. The lowest BCUT2D eigenvalue weighted by molar-refractivity contribution is 0.206. The van der Waals surface area contributed by atoms with Crippen LogP contribution < -0.4 is 5.32 Å². The second-order valence-corrected chi connectivity index (χ2v) is 9.49. The summed E-state index contributed by atoms with van der Waals surface area (Å²) in [4.78, 5) is 15.8. The Morgan fingerprint density at radius 2 is 1.86 bits per heavy atom. The van der Waals surface area contributed by atoms with E-state index in [-0.39, 0.29) is 0 Å². The number of fused-ring (bicyclic) bond motifs is 1. The van der Waals surface area contributed by atoms with Gasteiger partial charge in [0, 0.05) is 41.7 Å². The smallest absolute Gasteiger partial charge is 0.187 e. The minimum Gasteiger partial charge on any atom is -0.385 e. The van der Waals surface area contributed by atoms with Crippen molar-refractivity contribution in [3.05, 3.63) is 72.0 Å². The number of pyridine rings is 1. The molecule has 36 heavy (non-hydrogen) atoms. The van der Waals surface area contributed by atoms with Crippen LogP contribution in [0.2, 0.25) is 0 Å². The van der Waals surface area contributed by atoms with E-state index in [1.54, 1.807) is 0 Å². The van der Waals surface area contributed by atoms with Gasteiger partial charge in [-0.2, -0.15) is 0 Å². The molecule has 2 aromatic carbocycles. The number of rotatable bonds is 7. The van der Waals surface area contributed by atoms with Gasteiger partial charge < -0.3 is 20.2 Å². The molecular formula is C29H31N7. The number of anilines is 1. The molecule has 182 valence electrons. The lowest BCUT2D eigenvalue weighted by Gasteiger charge is -2.29. The first-order chi connectivity index (χ1) is 17.6. The third-order valence-electron chi connectivity index (χ3n) is 7.09. The third-order valence-corrected chi connectivity index (χ3v) is 7.09. The van der Waals surface area contributed by atoms with Crippen LogP contribution in [0.1, 0.15) is 25.3 Å². The van der Waals surface area contributed by atoms with Crippen molar-refractivity contribution in [1.29, 1.82) is 5.41 Å². The van der Waals surface area contributed by atoms with Crippen LogP contribution >= 0.6 is 0 Å². The minimum absolute atomic E-state index is 0.606. The van der Waals surface area contributed by atoms with Gasteiger partial charge in [-0.25, -0.2) is 9.83 Å². The van der Waals surface area contributed by atoms with E-state index < -0.39 is 0 Å². The summed E-state index contributed by atoms with van der Waals surface area (Å²) in [6, 6.07) is 13.7. The number of nitrogens with one attached hydrogen (secondary N) is 2. The van der Waals surface area contributed by atoms with Crippen molar-refractivity contribution in [3.8, 4) is 22.4 Å². The zero-order chi connectivity index (χ0) is 25.1. The van der Waals surface area contributed by atoms with E-state index in [9.17, 15) is 0 Å². The lowest BCUT2D eigenvalue weighted by atomic mass is 9.96. The summed E-state index contributed by atoms with van der Waals surface area (Å²) in [6.07, 6.45) is 7.64. The molecule has 5 rings (SSSR count). The van der Waals surface area contributed by atoms with Crippen LogP contribution in [-0.4, -0.2) is 52.3 Å². The summed E-state index contributed by atoms with van der Waals surface area (Å²) in [5, 5.41) is 11.2. The largest absolute Gasteiger partial charge is 0.385 e. The van der Waals surface area contributed by atoms with Crippen molar-refractivity contribution in [1.82, 2.24) is 19.4 Å². The van der Waals surface area contributed by atoms with Crippen LogP contribution in [-0.2, 0) is 6.54 Å². The molecule has 0 radical (unpaired) electrons. The second kappa shape index (κ2) is 10.3. The highest BCUT2D eigenvalue weighted by Crippen LogP contribution is 2.38. The number of piperidine rings is 1. The van der Waals surface area contributed by atoms with Gasteiger partial charge in [0.15, 0.2) is 5.69 Å². The number of benzene rings is 2. The van der Waals surface area contributed by atoms with E-state index in [4.69, 9.17) is 21.9 Å². The number of imidazole rings is 1. The molecule has 7 heteroatoms. The van der Waals surface area contributed by atoms with Crippen LogP contribution in [0.15, 0.2) is 55.0 Å². The molecule has 1 saturated heterocycles. The molecule has 1 fully saturated rings. The van der Waals surface area contributed by atoms with Crippen molar-refractivity contribution in [2.45, 2.75) is 26.3 Å². The molecular weight excluding hydrogens is 446 g/mol. The molecule has 4 aromatic rings. The molecule has 3 heterocycles. The van der Waals surface area contributed by atoms with Gasteiger partial charge >= 0.3 is 0 Å². The van der Waals surface area contributed by atoms with E-state index in [1.165, 1.54) is 19.1 Å². The summed E-state index contributed by atoms with van der Waals surface area (Å²) < 4.78 is 2.25. The summed E-state index contributed by atoms with van der Waals surface area (Å²) in [5.41, 5.74) is 8.00. The van der Waals surface area contributed by atoms with Gasteiger partial charge in [-0.05, 0) is 63.5 Å². The number of hydrogen-bond donors (Lipinski definition) is 2. The van der Waals surface area contributed by atoms with Crippen molar-refractivity contribution in [3.63, 3.8) is 0 Å². The lowest BCUT2D eigenvalue weighted by Crippen LogP contribution is -2.31. The molecule has 0 spiro atoms. The van der Waals surface area contributed by atoms with E-state index >= 15 is 0 Å². The Bertz CT molecular complexity index is 1420. The average molecular weight is 478 g/mol. The molecule has 0 unspecified atom stereocenters. The Morgan fingerprint density at radius 3 is 2.56 bits per heavy atom. The minimum atomic E-state index is 0.606. The molecule has 2 aromatic heterocycles. The molecule has 1 aliphatic heterocycles. The third kappa shape index (κ3) is 4.60. The van der Waals surface area contributed by atoms with Crippen molar-refractivity contribution < 1.29 is 0 Å². The second-order valence-electron chi connectivity index (χ2n) is 9.49. The van der Waals surface area contributed by atoms with E-state index in [2.05, 4.69) is 26.7 Å². The predicted octanol–water partition coefficient (Wildman–Crippen LogP) is 6.09. The van der Waals surface area contributed by atoms with Crippen LogP contribution in [0.25, 0.3) is 38.3 Å². The number of nitrogens with zero attached hydrogens (tertiary/aromatic N) is 5. The topological polar surface area (TPSA) is 74.2 Å². The zero-order valence-electron chi connectivity index (χ0n) is 20.8. The maximum absolute atomic E-state index is 7.92. The maximum atomic E-state index is 7.92. The summed E-state index contributed by atoms with van der Waals surface area (Å²) in [7, 11) is 2.19. The molecule has 1 aliphatic rings.